The van der Waals surface area contributed by atoms with E-state index in [0.717, 1.165) is 25.3 Å². The zero-order valence-corrected chi connectivity index (χ0v) is 9.58. The molecule has 1 rings (SSSR count). The molecule has 0 N–H and O–H groups in total. The van der Waals surface area contributed by atoms with Crippen LogP contribution in [0.4, 0.5) is 0 Å². The fraction of sp³-hybridized carbons (Fsp3) is 0.727. The fourth-order valence-corrected chi connectivity index (χ4v) is 1.60. The number of hydrogen-bond acceptors (Lipinski definition) is 3. The van der Waals surface area contributed by atoms with E-state index in [4.69, 9.17) is 4.74 Å². The molecule has 0 amide bonds. The molecule has 1 fully saturated rings. The van der Waals surface area contributed by atoms with Crippen LogP contribution in [-0.2, 0) is 4.74 Å². The summed E-state index contributed by atoms with van der Waals surface area (Å²) in [6.07, 6.45) is 4.21. The second-order valence-corrected chi connectivity index (χ2v) is 4.09. The summed E-state index contributed by atoms with van der Waals surface area (Å²) >= 11 is 0. The number of rotatable bonds is 4. The Labute approximate surface area is 86.5 Å². The molecule has 1 aliphatic heterocycles. The summed E-state index contributed by atoms with van der Waals surface area (Å²) < 4.78 is 5.36. The second kappa shape index (κ2) is 4.71. The molecule has 0 aromatic heterocycles. The third-order valence-corrected chi connectivity index (χ3v) is 2.68. The normalized spacial score (nSPS) is 22.7. The first-order chi connectivity index (χ1) is 6.59. The average molecular weight is 196 g/mol. The van der Waals surface area contributed by atoms with Gasteiger partial charge in [0, 0.05) is 39.5 Å². The van der Waals surface area contributed by atoms with Gasteiger partial charge in [-0.25, -0.2) is 0 Å². The highest BCUT2D eigenvalue weighted by atomic mass is 16.5. The molecule has 0 spiro atoms. The number of nitrogens with zero attached hydrogens (tertiary/aromatic N) is 2. The van der Waals surface area contributed by atoms with Crippen molar-refractivity contribution in [1.82, 2.24) is 4.90 Å². The number of likely N-dealkylation sites (tertiary alicyclic amines) is 1. The van der Waals surface area contributed by atoms with Gasteiger partial charge in [0.2, 0.25) is 0 Å². The summed E-state index contributed by atoms with van der Waals surface area (Å²) in [7, 11) is 3.59. The Morgan fingerprint density at radius 1 is 1.57 bits per heavy atom. The van der Waals surface area contributed by atoms with Crippen molar-refractivity contribution in [3.05, 3.63) is 12.2 Å². The lowest BCUT2D eigenvalue weighted by Crippen LogP contribution is -2.60. The Balaban J connectivity index is 2.21. The standard InChI is InChI=1S/C11H20N2O/c1-10(12-3)6-5-7-13-8-11(2,9-13)14-4/h5-6H,7-9H2,1-4H3/b6-5-,12-10?. The van der Waals surface area contributed by atoms with E-state index in [0.29, 0.717) is 0 Å². The minimum Gasteiger partial charge on any atom is -0.376 e. The van der Waals surface area contributed by atoms with Crippen molar-refractivity contribution in [1.29, 1.82) is 0 Å². The van der Waals surface area contributed by atoms with Gasteiger partial charge in [-0.05, 0) is 19.9 Å². The zero-order valence-electron chi connectivity index (χ0n) is 9.58. The molecule has 3 nitrogen and oxygen atoms in total. The predicted octanol–water partition coefficient (Wildman–Crippen LogP) is 1.35. The minimum absolute atomic E-state index is 0.0850. The summed E-state index contributed by atoms with van der Waals surface area (Å²) in [6, 6.07) is 0. The first-order valence-electron chi connectivity index (χ1n) is 4.97. The van der Waals surface area contributed by atoms with Crippen molar-refractivity contribution in [2.75, 3.05) is 33.8 Å². The molecule has 1 heterocycles. The Kier molecular flexibility index (Phi) is 3.84. The van der Waals surface area contributed by atoms with Crippen molar-refractivity contribution in [2.45, 2.75) is 19.4 Å². The van der Waals surface area contributed by atoms with Crippen LogP contribution in [-0.4, -0.2) is 50.0 Å². The van der Waals surface area contributed by atoms with Gasteiger partial charge in [0.05, 0.1) is 5.60 Å². The molecule has 1 saturated heterocycles. The molecule has 3 heteroatoms. The Morgan fingerprint density at radius 2 is 2.21 bits per heavy atom. The van der Waals surface area contributed by atoms with Crippen LogP contribution in [0.15, 0.2) is 17.1 Å². The average Bonchev–Trinajstić information content (AvgIpc) is 2.14. The van der Waals surface area contributed by atoms with E-state index in [1.807, 2.05) is 14.0 Å². The molecular weight excluding hydrogens is 176 g/mol. The Hall–Kier alpha value is -0.670. The van der Waals surface area contributed by atoms with Crippen LogP contribution >= 0.6 is 0 Å². The van der Waals surface area contributed by atoms with E-state index in [9.17, 15) is 0 Å². The van der Waals surface area contributed by atoms with E-state index in [1.54, 1.807) is 7.11 Å². The lowest BCUT2D eigenvalue weighted by molar-refractivity contribution is -0.106. The van der Waals surface area contributed by atoms with Gasteiger partial charge in [-0.1, -0.05) is 6.08 Å². The van der Waals surface area contributed by atoms with Crippen molar-refractivity contribution in [2.24, 2.45) is 4.99 Å². The van der Waals surface area contributed by atoms with Gasteiger partial charge in [-0.15, -0.1) is 0 Å². The number of aliphatic imine (C=N–C) groups is 1. The molecule has 0 radical (unpaired) electrons. The highest BCUT2D eigenvalue weighted by Gasteiger charge is 2.37. The topological polar surface area (TPSA) is 24.8 Å². The third kappa shape index (κ3) is 2.93. The van der Waals surface area contributed by atoms with Crippen molar-refractivity contribution >= 4 is 5.71 Å². The monoisotopic (exact) mass is 196 g/mol. The van der Waals surface area contributed by atoms with Gasteiger partial charge < -0.3 is 4.74 Å². The Bertz CT molecular complexity index is 240. The van der Waals surface area contributed by atoms with E-state index in [2.05, 4.69) is 29.0 Å². The molecule has 14 heavy (non-hydrogen) atoms. The number of ether oxygens (including phenoxy) is 1. The molecule has 0 saturated carbocycles. The lowest BCUT2D eigenvalue weighted by Gasteiger charge is -2.46. The quantitative estimate of drug-likeness (QED) is 0.634. The fourth-order valence-electron chi connectivity index (χ4n) is 1.60. The number of allylic oxidation sites excluding steroid dienone is 1. The third-order valence-electron chi connectivity index (χ3n) is 2.68. The van der Waals surface area contributed by atoms with Gasteiger partial charge in [-0.2, -0.15) is 0 Å². The van der Waals surface area contributed by atoms with E-state index < -0.39 is 0 Å². The first kappa shape index (κ1) is 11.4. The molecule has 80 valence electrons. The summed E-state index contributed by atoms with van der Waals surface area (Å²) in [6.45, 7) is 7.19. The Morgan fingerprint density at radius 3 is 2.71 bits per heavy atom. The predicted molar refractivity (Wildman–Crippen MR) is 60.0 cm³/mol. The van der Waals surface area contributed by atoms with Crippen molar-refractivity contribution in [3.63, 3.8) is 0 Å². The van der Waals surface area contributed by atoms with Crippen LogP contribution in [0.5, 0.6) is 0 Å². The smallest absolute Gasteiger partial charge is 0.0903 e. The van der Waals surface area contributed by atoms with Crippen LogP contribution in [0, 0.1) is 0 Å². The van der Waals surface area contributed by atoms with Crippen LogP contribution in [0.25, 0.3) is 0 Å². The summed E-state index contributed by atoms with van der Waals surface area (Å²) in [5.41, 5.74) is 1.15. The molecule has 0 aromatic rings. The SMILES string of the molecule is CN=C(C)/C=C\CN1CC(C)(OC)C1. The molecule has 1 aliphatic rings. The van der Waals surface area contributed by atoms with Crippen molar-refractivity contribution in [3.8, 4) is 0 Å². The van der Waals surface area contributed by atoms with Crippen LogP contribution in [0.2, 0.25) is 0 Å². The highest BCUT2D eigenvalue weighted by molar-refractivity contribution is 5.92. The number of methoxy groups -OCH3 is 1. The highest BCUT2D eigenvalue weighted by Crippen LogP contribution is 2.22. The molecule has 0 bridgehead atoms. The largest absolute Gasteiger partial charge is 0.376 e. The summed E-state index contributed by atoms with van der Waals surface area (Å²) in [4.78, 5) is 6.41. The minimum atomic E-state index is 0.0850. The van der Waals surface area contributed by atoms with Gasteiger partial charge in [0.1, 0.15) is 0 Å². The van der Waals surface area contributed by atoms with Crippen LogP contribution in [0.3, 0.4) is 0 Å². The maximum Gasteiger partial charge on any atom is 0.0903 e. The maximum atomic E-state index is 5.36. The molecule has 0 atom stereocenters. The maximum absolute atomic E-state index is 5.36. The van der Waals surface area contributed by atoms with E-state index in [-0.39, 0.29) is 5.60 Å². The van der Waals surface area contributed by atoms with Gasteiger partial charge in [0.25, 0.3) is 0 Å². The van der Waals surface area contributed by atoms with Crippen LogP contribution < -0.4 is 0 Å². The lowest BCUT2D eigenvalue weighted by atomic mass is 9.97. The number of hydrogen-bond donors (Lipinski definition) is 0. The summed E-state index contributed by atoms with van der Waals surface area (Å²) in [5.74, 6) is 0. The van der Waals surface area contributed by atoms with Gasteiger partial charge in [-0.3, -0.25) is 9.89 Å². The molecule has 0 aliphatic carbocycles. The zero-order chi connectivity index (χ0) is 10.6. The van der Waals surface area contributed by atoms with Gasteiger partial charge in [0.15, 0.2) is 0 Å². The first-order valence-corrected chi connectivity index (χ1v) is 4.97. The van der Waals surface area contributed by atoms with E-state index in [1.165, 1.54) is 0 Å². The second-order valence-electron chi connectivity index (χ2n) is 4.09. The van der Waals surface area contributed by atoms with Crippen molar-refractivity contribution < 1.29 is 4.74 Å². The molecule has 0 aromatic carbocycles. The van der Waals surface area contributed by atoms with E-state index >= 15 is 0 Å². The van der Waals surface area contributed by atoms with Gasteiger partial charge >= 0.3 is 0 Å². The summed E-state index contributed by atoms with van der Waals surface area (Å²) in [5, 5.41) is 0. The van der Waals surface area contributed by atoms with Crippen LogP contribution in [0.1, 0.15) is 13.8 Å². The molecule has 0 unspecified atom stereocenters. The molecular formula is C11H20N2O.